The number of ketones is 1. The Bertz CT molecular complexity index is 719. The van der Waals surface area contributed by atoms with E-state index < -0.39 is 18.1 Å². The van der Waals surface area contributed by atoms with Gasteiger partial charge in [0.15, 0.2) is 5.78 Å². The molecular weight excluding hydrogens is 356 g/mol. The van der Waals surface area contributed by atoms with Crippen LogP contribution in [0.1, 0.15) is 15.9 Å². The molecule has 0 radical (unpaired) electrons. The predicted molar refractivity (Wildman–Crippen MR) is 102 cm³/mol. The summed E-state index contributed by atoms with van der Waals surface area (Å²) in [6, 6.07) is 10.8. The van der Waals surface area contributed by atoms with Crippen molar-refractivity contribution >= 4 is 24.4 Å². The van der Waals surface area contributed by atoms with E-state index in [2.05, 4.69) is 12.6 Å². The zero-order chi connectivity index (χ0) is 19.7. The smallest absolute Gasteiger partial charge is 0.320 e. The minimum Gasteiger partial charge on any atom is -0.508 e. The summed E-state index contributed by atoms with van der Waals surface area (Å²) < 4.78 is 0. The maximum Gasteiger partial charge on any atom is 0.320 e. The van der Waals surface area contributed by atoms with E-state index in [4.69, 9.17) is 26.8 Å². The van der Waals surface area contributed by atoms with E-state index in [-0.39, 0.29) is 23.7 Å². The molecule has 7 N–H and O–H groups in total. The summed E-state index contributed by atoms with van der Waals surface area (Å²) in [4.78, 5) is 21.8. The number of carboxylic acid groups (broad SMARTS) is 1. The first-order valence-corrected chi connectivity index (χ1v) is 8.33. The Kier molecular flexibility index (Phi) is 8.63. The monoisotopic (exact) mass is 378 g/mol. The summed E-state index contributed by atoms with van der Waals surface area (Å²) in [5, 5.41) is 26.5. The number of thiol groups is 1. The number of carboxylic acids is 1. The highest BCUT2D eigenvalue weighted by atomic mass is 32.1. The van der Waals surface area contributed by atoms with Crippen LogP contribution in [0, 0.1) is 0 Å². The zero-order valence-electron chi connectivity index (χ0n) is 13.9. The lowest BCUT2D eigenvalue weighted by Gasteiger charge is -2.06. The van der Waals surface area contributed by atoms with Gasteiger partial charge in [-0.25, -0.2) is 0 Å². The zero-order valence-corrected chi connectivity index (χ0v) is 14.8. The van der Waals surface area contributed by atoms with Gasteiger partial charge in [-0.15, -0.1) is 0 Å². The molecule has 0 fully saturated rings. The van der Waals surface area contributed by atoms with Crippen LogP contribution in [0.15, 0.2) is 48.5 Å². The second-order valence-corrected chi connectivity index (χ2v) is 5.88. The molecule has 140 valence electrons. The fourth-order valence-electron chi connectivity index (χ4n) is 1.90. The van der Waals surface area contributed by atoms with E-state index >= 15 is 0 Å². The minimum atomic E-state index is -1.02. The molecule has 2 atom stereocenters. The van der Waals surface area contributed by atoms with Gasteiger partial charge in [0.25, 0.3) is 0 Å². The van der Waals surface area contributed by atoms with Crippen molar-refractivity contribution in [3.05, 3.63) is 59.7 Å². The number of hydrogen-bond acceptors (Lipinski definition) is 7. The normalized spacial score (nSPS) is 12.4. The largest absolute Gasteiger partial charge is 0.508 e. The van der Waals surface area contributed by atoms with Crippen molar-refractivity contribution in [3.63, 3.8) is 0 Å². The summed E-state index contributed by atoms with van der Waals surface area (Å²) >= 11 is 3.93. The van der Waals surface area contributed by atoms with Crippen molar-refractivity contribution in [2.24, 2.45) is 11.5 Å². The van der Waals surface area contributed by atoms with Gasteiger partial charge in [-0.3, -0.25) is 9.59 Å². The Morgan fingerprint density at radius 2 is 1.35 bits per heavy atom. The van der Waals surface area contributed by atoms with Gasteiger partial charge in [0.1, 0.15) is 17.5 Å². The molecule has 2 aromatic rings. The first-order chi connectivity index (χ1) is 12.2. The summed E-state index contributed by atoms with van der Waals surface area (Å²) in [5.74, 6) is -0.564. The van der Waals surface area contributed by atoms with Crippen molar-refractivity contribution in [1.29, 1.82) is 0 Å². The molecule has 0 saturated carbocycles. The summed E-state index contributed by atoms with van der Waals surface area (Å²) in [7, 11) is 0. The third kappa shape index (κ3) is 7.14. The molecule has 0 aliphatic heterocycles. The van der Waals surface area contributed by atoms with Crippen LogP contribution >= 0.6 is 12.6 Å². The van der Waals surface area contributed by atoms with Gasteiger partial charge in [-0.2, -0.15) is 12.6 Å². The number of aliphatic carboxylic acids is 1. The van der Waals surface area contributed by atoms with E-state index in [0.29, 0.717) is 11.3 Å². The topological polar surface area (TPSA) is 147 Å². The number of aromatic hydroxyl groups is 2. The highest BCUT2D eigenvalue weighted by molar-refractivity contribution is 7.80. The van der Waals surface area contributed by atoms with Crippen molar-refractivity contribution in [3.8, 4) is 11.5 Å². The molecule has 0 aliphatic carbocycles. The number of phenolic OH excluding ortho intramolecular Hbond substituents is 2. The van der Waals surface area contributed by atoms with E-state index in [1.54, 1.807) is 24.3 Å². The molecule has 1 unspecified atom stereocenters. The summed E-state index contributed by atoms with van der Waals surface area (Å²) in [5.41, 5.74) is 12.1. The SMILES string of the molecule is NC(Cc1ccc(O)cc1)C(=O)O.N[C@H](CS)C(=O)c1ccc(O)cc1. The number of hydrogen-bond donors (Lipinski definition) is 6. The lowest BCUT2D eigenvalue weighted by Crippen LogP contribution is -2.32. The Morgan fingerprint density at radius 1 is 0.885 bits per heavy atom. The molecule has 0 heterocycles. The molecule has 7 nitrogen and oxygen atoms in total. The Balaban J connectivity index is 0.000000260. The van der Waals surface area contributed by atoms with Crippen molar-refractivity contribution in [2.75, 3.05) is 5.75 Å². The van der Waals surface area contributed by atoms with E-state index in [0.717, 1.165) is 5.56 Å². The number of benzene rings is 2. The van der Waals surface area contributed by atoms with Gasteiger partial charge < -0.3 is 26.8 Å². The molecule has 0 spiro atoms. The van der Waals surface area contributed by atoms with E-state index in [1.807, 2.05) is 0 Å². The fraction of sp³-hybridized carbons (Fsp3) is 0.222. The van der Waals surface area contributed by atoms with Crippen LogP contribution in [0.5, 0.6) is 11.5 Å². The quantitative estimate of drug-likeness (QED) is 0.327. The van der Waals surface area contributed by atoms with Gasteiger partial charge >= 0.3 is 5.97 Å². The van der Waals surface area contributed by atoms with Crippen molar-refractivity contribution in [2.45, 2.75) is 18.5 Å². The first-order valence-electron chi connectivity index (χ1n) is 7.70. The average Bonchev–Trinajstić information content (AvgIpc) is 2.63. The van der Waals surface area contributed by atoms with Crippen molar-refractivity contribution in [1.82, 2.24) is 0 Å². The van der Waals surface area contributed by atoms with E-state index in [9.17, 15) is 9.59 Å². The molecule has 2 rings (SSSR count). The van der Waals surface area contributed by atoms with Crippen LogP contribution in [0.3, 0.4) is 0 Å². The summed E-state index contributed by atoms with van der Waals surface area (Å²) in [6.45, 7) is 0. The number of carbonyl (C=O) groups excluding carboxylic acids is 1. The van der Waals surface area contributed by atoms with Crippen LogP contribution in [-0.2, 0) is 11.2 Å². The highest BCUT2D eigenvalue weighted by Crippen LogP contribution is 2.11. The maximum absolute atomic E-state index is 11.4. The molecule has 0 bridgehead atoms. The molecule has 0 saturated heterocycles. The van der Waals surface area contributed by atoms with Gasteiger partial charge in [0.2, 0.25) is 0 Å². The molecule has 8 heteroatoms. The minimum absolute atomic E-state index is 0.135. The average molecular weight is 378 g/mol. The fourth-order valence-corrected chi connectivity index (χ4v) is 2.06. The number of phenols is 2. The molecule has 2 aromatic carbocycles. The van der Waals surface area contributed by atoms with Gasteiger partial charge in [0.05, 0.1) is 6.04 Å². The number of carbonyl (C=O) groups is 2. The van der Waals surface area contributed by atoms with Gasteiger partial charge in [-0.1, -0.05) is 12.1 Å². The van der Waals surface area contributed by atoms with Crippen molar-refractivity contribution < 1.29 is 24.9 Å². The maximum atomic E-state index is 11.4. The Morgan fingerprint density at radius 3 is 1.77 bits per heavy atom. The second-order valence-electron chi connectivity index (χ2n) is 5.52. The van der Waals surface area contributed by atoms with Crippen LogP contribution in [0.2, 0.25) is 0 Å². The lowest BCUT2D eigenvalue weighted by atomic mass is 10.1. The van der Waals surface area contributed by atoms with Crippen LogP contribution in [-0.4, -0.2) is 44.9 Å². The molecule has 0 aliphatic rings. The molecule has 0 aromatic heterocycles. The summed E-state index contributed by atoms with van der Waals surface area (Å²) in [6.07, 6.45) is 0.273. The number of nitrogens with two attached hydrogens (primary N) is 2. The molecule has 0 amide bonds. The third-order valence-electron chi connectivity index (χ3n) is 3.39. The Labute approximate surface area is 156 Å². The van der Waals surface area contributed by atoms with Crippen LogP contribution in [0.4, 0.5) is 0 Å². The van der Waals surface area contributed by atoms with Crippen LogP contribution in [0.25, 0.3) is 0 Å². The predicted octanol–water partition coefficient (Wildman–Crippen LogP) is 1.18. The van der Waals surface area contributed by atoms with Gasteiger partial charge in [-0.05, 0) is 48.4 Å². The first kappa shape index (κ1) is 21.5. The second kappa shape index (κ2) is 10.4. The molecular formula is C18H22N2O5S. The lowest BCUT2D eigenvalue weighted by molar-refractivity contribution is -0.138. The number of Topliss-reactive ketones (excluding diaryl/α,β-unsaturated/α-hetero) is 1. The highest BCUT2D eigenvalue weighted by Gasteiger charge is 2.13. The Hall–Kier alpha value is -2.55. The third-order valence-corrected chi connectivity index (χ3v) is 3.79. The standard InChI is InChI=1S/C9H11NO3.C9H11NO2S/c10-8(9(12)13)5-6-1-3-7(11)4-2-6;10-8(5-13)9(12)6-1-3-7(11)4-2-6/h1-4,8,11H,5,10H2,(H,12,13);1-4,8,11,13H,5,10H2/t;8-/m.1/s1. The van der Waals surface area contributed by atoms with Crippen LogP contribution < -0.4 is 11.5 Å². The van der Waals surface area contributed by atoms with E-state index in [1.165, 1.54) is 24.3 Å². The van der Waals surface area contributed by atoms with Gasteiger partial charge in [0, 0.05) is 11.3 Å². The number of rotatable bonds is 6. The molecule has 26 heavy (non-hydrogen) atoms.